The average molecular weight is 452 g/mol. The molecule has 5 nitrogen and oxygen atoms in total. The van der Waals surface area contributed by atoms with Crippen LogP contribution in [-0.4, -0.2) is 22.8 Å². The van der Waals surface area contributed by atoms with E-state index in [1.807, 2.05) is 6.92 Å². The lowest BCUT2D eigenvalue weighted by Crippen LogP contribution is -2.27. The summed E-state index contributed by atoms with van der Waals surface area (Å²) in [4.78, 5) is 25.8. The monoisotopic (exact) mass is 451 g/mol. The Morgan fingerprint density at radius 2 is 2.03 bits per heavy atom. The van der Waals surface area contributed by atoms with E-state index in [0.29, 0.717) is 38.6 Å². The van der Waals surface area contributed by atoms with Gasteiger partial charge < -0.3 is 9.47 Å². The van der Waals surface area contributed by atoms with E-state index in [0.717, 1.165) is 11.8 Å². The molecule has 0 spiro atoms. The van der Waals surface area contributed by atoms with Crippen LogP contribution in [0.1, 0.15) is 19.4 Å². The number of thioether (sulfide) groups is 1. The van der Waals surface area contributed by atoms with Crippen molar-refractivity contribution in [3.63, 3.8) is 0 Å². The van der Waals surface area contributed by atoms with Crippen LogP contribution in [0.2, 0.25) is 5.02 Å². The van der Waals surface area contributed by atoms with Gasteiger partial charge in [-0.2, -0.15) is 0 Å². The number of amides is 1. The smallest absolute Gasteiger partial charge is 0.308 e. The molecule has 1 aliphatic heterocycles. The van der Waals surface area contributed by atoms with Gasteiger partial charge in [-0.25, -0.2) is 4.39 Å². The van der Waals surface area contributed by atoms with E-state index in [4.69, 9.17) is 33.3 Å². The van der Waals surface area contributed by atoms with Crippen LogP contribution in [-0.2, 0) is 9.59 Å². The lowest BCUT2D eigenvalue weighted by molar-refractivity contribution is -0.132. The van der Waals surface area contributed by atoms with Crippen LogP contribution < -0.4 is 14.4 Å². The van der Waals surface area contributed by atoms with Crippen molar-refractivity contribution in [1.82, 2.24) is 0 Å². The van der Waals surface area contributed by atoms with Crippen molar-refractivity contribution < 1.29 is 23.5 Å². The molecule has 9 heteroatoms. The quantitative estimate of drug-likeness (QED) is 0.269. The van der Waals surface area contributed by atoms with E-state index >= 15 is 0 Å². The van der Waals surface area contributed by atoms with Crippen LogP contribution in [0.15, 0.2) is 41.3 Å². The second kappa shape index (κ2) is 8.94. The molecule has 1 saturated heterocycles. The molecule has 0 atom stereocenters. The topological polar surface area (TPSA) is 55.8 Å². The highest BCUT2D eigenvalue weighted by molar-refractivity contribution is 8.27. The largest absolute Gasteiger partial charge is 0.490 e. The normalized spacial score (nSPS) is 15.2. The van der Waals surface area contributed by atoms with Gasteiger partial charge in [0, 0.05) is 6.92 Å². The maximum Gasteiger partial charge on any atom is 0.308 e. The zero-order valence-electron chi connectivity index (χ0n) is 15.4. The third-order valence-electron chi connectivity index (χ3n) is 3.77. The SMILES string of the molecule is CCOc1cc(/C=C2/SC(=S)N(c3ccc(F)c(Cl)c3)C2=O)ccc1OC(C)=O. The number of esters is 1. The van der Waals surface area contributed by atoms with Gasteiger partial charge in [-0.1, -0.05) is 41.6 Å². The van der Waals surface area contributed by atoms with Crippen LogP contribution in [0.3, 0.4) is 0 Å². The minimum atomic E-state index is -0.576. The highest BCUT2D eigenvalue weighted by atomic mass is 35.5. The summed E-state index contributed by atoms with van der Waals surface area (Å²) < 4.78 is 24.4. The summed E-state index contributed by atoms with van der Waals surface area (Å²) in [7, 11) is 0. The second-order valence-electron chi connectivity index (χ2n) is 5.85. The van der Waals surface area contributed by atoms with E-state index < -0.39 is 11.8 Å². The molecule has 2 aromatic rings. The van der Waals surface area contributed by atoms with Gasteiger partial charge >= 0.3 is 5.97 Å². The molecule has 0 N–H and O–H groups in total. The molecule has 0 saturated carbocycles. The lowest BCUT2D eigenvalue weighted by atomic mass is 10.1. The Balaban J connectivity index is 1.91. The molecule has 1 amide bonds. The Hall–Kier alpha value is -2.42. The molecular formula is C20H15ClFNO4S2. The molecule has 2 aromatic carbocycles. The fourth-order valence-electron chi connectivity index (χ4n) is 2.59. The van der Waals surface area contributed by atoms with E-state index in [2.05, 4.69) is 0 Å². The molecule has 3 rings (SSSR count). The summed E-state index contributed by atoms with van der Waals surface area (Å²) in [6.07, 6.45) is 1.66. The van der Waals surface area contributed by atoms with Crippen LogP contribution >= 0.6 is 35.6 Å². The molecule has 0 aliphatic carbocycles. The Morgan fingerprint density at radius 1 is 1.28 bits per heavy atom. The van der Waals surface area contributed by atoms with Crippen molar-refractivity contribution in [3.8, 4) is 11.5 Å². The number of benzene rings is 2. The molecular weight excluding hydrogens is 437 g/mol. The lowest BCUT2D eigenvalue weighted by Gasteiger charge is -2.14. The number of anilines is 1. The minimum absolute atomic E-state index is 0.0945. The standard InChI is InChI=1S/C20H15ClFNO4S2/c1-3-26-17-8-12(4-7-16(17)27-11(2)24)9-18-19(25)23(20(28)29-18)13-5-6-15(22)14(21)10-13/h4-10H,3H2,1-2H3/b18-9+. The van der Waals surface area contributed by atoms with Crippen LogP contribution in [0.4, 0.5) is 10.1 Å². The van der Waals surface area contributed by atoms with Crippen molar-refractivity contribution in [2.24, 2.45) is 0 Å². The molecule has 150 valence electrons. The minimum Gasteiger partial charge on any atom is -0.490 e. The zero-order valence-corrected chi connectivity index (χ0v) is 17.8. The Labute approximate surface area is 181 Å². The molecule has 29 heavy (non-hydrogen) atoms. The Kier molecular flexibility index (Phi) is 6.56. The van der Waals surface area contributed by atoms with Crippen LogP contribution in [0.25, 0.3) is 6.08 Å². The molecule has 1 fully saturated rings. The van der Waals surface area contributed by atoms with Crippen LogP contribution in [0, 0.1) is 5.82 Å². The second-order valence-corrected chi connectivity index (χ2v) is 7.93. The van der Waals surface area contributed by atoms with Gasteiger partial charge in [-0.15, -0.1) is 0 Å². The van der Waals surface area contributed by atoms with Crippen molar-refractivity contribution in [3.05, 3.63) is 57.7 Å². The van der Waals surface area contributed by atoms with Gasteiger partial charge in [0.25, 0.3) is 5.91 Å². The van der Waals surface area contributed by atoms with Crippen molar-refractivity contribution in [2.75, 3.05) is 11.5 Å². The maximum absolute atomic E-state index is 13.4. The number of thiocarbonyl (C=S) groups is 1. The predicted octanol–water partition coefficient (Wildman–Crippen LogP) is 5.21. The van der Waals surface area contributed by atoms with Gasteiger partial charge in [0.1, 0.15) is 5.82 Å². The van der Waals surface area contributed by atoms with Crippen molar-refractivity contribution in [2.45, 2.75) is 13.8 Å². The number of carbonyl (C=O) groups is 2. The highest BCUT2D eigenvalue weighted by Crippen LogP contribution is 2.38. The van der Waals surface area contributed by atoms with Gasteiger partial charge in [0.05, 0.1) is 22.2 Å². The number of carbonyl (C=O) groups excluding carboxylic acids is 2. The molecule has 0 unspecified atom stereocenters. The number of rotatable bonds is 5. The van der Waals surface area contributed by atoms with Gasteiger partial charge in [0.15, 0.2) is 15.8 Å². The van der Waals surface area contributed by atoms with E-state index in [1.165, 1.54) is 30.0 Å². The first-order chi connectivity index (χ1) is 13.8. The third kappa shape index (κ3) is 4.77. The Bertz CT molecular complexity index is 1040. The summed E-state index contributed by atoms with van der Waals surface area (Å²) in [6, 6.07) is 8.94. The van der Waals surface area contributed by atoms with E-state index in [1.54, 1.807) is 24.3 Å². The summed E-state index contributed by atoms with van der Waals surface area (Å²) >= 11 is 12.3. The molecule has 1 heterocycles. The molecule has 0 bridgehead atoms. The van der Waals surface area contributed by atoms with Crippen molar-refractivity contribution in [1.29, 1.82) is 0 Å². The number of hydrogen-bond acceptors (Lipinski definition) is 6. The first kappa shape index (κ1) is 21.3. The maximum atomic E-state index is 13.4. The average Bonchev–Trinajstić information content (AvgIpc) is 2.93. The summed E-state index contributed by atoms with van der Waals surface area (Å²) in [5, 5.41) is -0.0945. The number of ether oxygens (including phenoxy) is 2. The fourth-order valence-corrected chi connectivity index (χ4v) is 4.06. The number of halogens is 2. The summed E-state index contributed by atoms with van der Waals surface area (Å²) in [5.74, 6) is -0.697. The highest BCUT2D eigenvalue weighted by Gasteiger charge is 2.33. The van der Waals surface area contributed by atoms with Gasteiger partial charge in [-0.3, -0.25) is 14.5 Å². The molecule has 1 aliphatic rings. The van der Waals surface area contributed by atoms with Gasteiger partial charge in [-0.05, 0) is 48.9 Å². The van der Waals surface area contributed by atoms with Gasteiger partial charge in [0.2, 0.25) is 0 Å². The van der Waals surface area contributed by atoms with E-state index in [9.17, 15) is 14.0 Å². The predicted molar refractivity (Wildman–Crippen MR) is 116 cm³/mol. The number of nitrogens with zero attached hydrogens (tertiary/aromatic N) is 1. The molecule has 0 radical (unpaired) electrons. The third-order valence-corrected chi connectivity index (χ3v) is 5.37. The van der Waals surface area contributed by atoms with Crippen LogP contribution in [0.5, 0.6) is 11.5 Å². The zero-order chi connectivity index (χ0) is 21.1. The van der Waals surface area contributed by atoms with Crippen molar-refractivity contribution >= 4 is 63.5 Å². The fraction of sp³-hybridized carbons (Fsp3) is 0.150. The first-order valence-electron chi connectivity index (χ1n) is 8.48. The number of hydrogen-bond donors (Lipinski definition) is 0. The summed E-state index contributed by atoms with van der Waals surface area (Å²) in [5.41, 5.74) is 1.06. The molecule has 0 aromatic heterocycles. The van der Waals surface area contributed by atoms with E-state index in [-0.39, 0.29) is 10.9 Å². The summed E-state index contributed by atoms with van der Waals surface area (Å²) in [6.45, 7) is 3.49. The Morgan fingerprint density at radius 3 is 2.69 bits per heavy atom. The first-order valence-corrected chi connectivity index (χ1v) is 10.1.